The summed E-state index contributed by atoms with van der Waals surface area (Å²) in [6.45, 7) is 4.80. The number of nitrogens with zero attached hydrogens (tertiary/aromatic N) is 1. The fraction of sp³-hybridized carbons (Fsp3) is 0.409. The van der Waals surface area contributed by atoms with Crippen LogP contribution >= 0.6 is 0 Å². The zero-order chi connectivity index (χ0) is 21.9. The maximum Gasteiger partial charge on any atom is 0.417 e. The van der Waals surface area contributed by atoms with Crippen LogP contribution in [0.3, 0.4) is 0 Å². The number of nitrogens with two attached hydrogens (primary N) is 1. The van der Waals surface area contributed by atoms with Crippen molar-refractivity contribution >= 4 is 6.21 Å². The Morgan fingerprint density at radius 2 is 1.97 bits per heavy atom. The minimum Gasteiger partial charge on any atom is -0.402 e. The number of benzene rings is 1. The second-order valence-electron chi connectivity index (χ2n) is 8.02. The molecule has 158 valence electrons. The summed E-state index contributed by atoms with van der Waals surface area (Å²) in [5.74, 6) is -0.541. The number of alkyl halides is 3. The molecule has 1 unspecified atom stereocenters. The van der Waals surface area contributed by atoms with Crippen LogP contribution in [0.1, 0.15) is 44.2 Å². The number of allylic oxidation sites excluding steroid dienone is 4. The van der Waals surface area contributed by atoms with E-state index in [0.717, 1.165) is 0 Å². The Labute approximate surface area is 168 Å². The van der Waals surface area contributed by atoms with Crippen molar-refractivity contribution < 1.29 is 22.7 Å². The predicted molar refractivity (Wildman–Crippen MR) is 107 cm³/mol. The molecule has 1 aromatic carbocycles. The van der Waals surface area contributed by atoms with E-state index < -0.39 is 35.9 Å². The number of rotatable bonds is 6. The lowest BCUT2D eigenvalue weighted by molar-refractivity contribution is -0.266. The highest BCUT2D eigenvalue weighted by atomic mass is 19.4. The summed E-state index contributed by atoms with van der Waals surface area (Å²) in [7, 11) is 0. The van der Waals surface area contributed by atoms with Crippen molar-refractivity contribution in [2.45, 2.75) is 57.2 Å². The van der Waals surface area contributed by atoms with Gasteiger partial charge in [-0.3, -0.25) is 4.99 Å². The molecule has 0 radical (unpaired) electrons. The molecule has 0 fully saturated rings. The Bertz CT molecular complexity index is 866. The number of aliphatic imine (C=N–C) groups is 1. The van der Waals surface area contributed by atoms with E-state index in [4.69, 9.17) is 5.73 Å². The predicted octanol–water partition coefficient (Wildman–Crippen LogP) is 5.24. The van der Waals surface area contributed by atoms with Gasteiger partial charge in [0.1, 0.15) is 5.82 Å². The maximum atomic E-state index is 13.9. The van der Waals surface area contributed by atoms with Gasteiger partial charge in [-0.05, 0) is 60.6 Å². The molecular formula is C22H26F4N2O. The minimum atomic E-state index is -4.92. The van der Waals surface area contributed by atoms with E-state index in [1.165, 1.54) is 30.5 Å². The largest absolute Gasteiger partial charge is 0.417 e. The first-order valence-corrected chi connectivity index (χ1v) is 9.25. The Kier molecular flexibility index (Phi) is 6.73. The van der Waals surface area contributed by atoms with E-state index >= 15 is 0 Å². The van der Waals surface area contributed by atoms with Crippen LogP contribution in [0.25, 0.3) is 0 Å². The van der Waals surface area contributed by atoms with Gasteiger partial charge in [0.05, 0.1) is 5.70 Å². The van der Waals surface area contributed by atoms with Crippen molar-refractivity contribution in [1.29, 1.82) is 0 Å². The van der Waals surface area contributed by atoms with Crippen molar-refractivity contribution in [2.75, 3.05) is 0 Å². The second kappa shape index (κ2) is 8.53. The average Bonchev–Trinajstić information content (AvgIpc) is 2.83. The quantitative estimate of drug-likeness (QED) is 0.630. The molecular weight excluding hydrogens is 384 g/mol. The lowest BCUT2D eigenvalue weighted by Crippen LogP contribution is -2.50. The van der Waals surface area contributed by atoms with Crippen LogP contribution in [0, 0.1) is 12.7 Å². The summed E-state index contributed by atoms with van der Waals surface area (Å²) in [5.41, 5.74) is 2.97. The van der Waals surface area contributed by atoms with Gasteiger partial charge < -0.3 is 10.8 Å². The van der Waals surface area contributed by atoms with Gasteiger partial charge in [-0.2, -0.15) is 13.2 Å². The highest BCUT2D eigenvalue weighted by Crippen LogP contribution is 2.44. The molecule has 1 heterocycles. The van der Waals surface area contributed by atoms with Gasteiger partial charge in [0.2, 0.25) is 0 Å². The van der Waals surface area contributed by atoms with Gasteiger partial charge in [-0.1, -0.05) is 32.1 Å². The Morgan fingerprint density at radius 1 is 1.28 bits per heavy atom. The Morgan fingerprint density at radius 3 is 2.62 bits per heavy atom. The number of hydrogen-bond donors (Lipinski definition) is 2. The van der Waals surface area contributed by atoms with Gasteiger partial charge in [0.15, 0.2) is 5.60 Å². The number of halogens is 4. The molecule has 3 N–H and O–H groups in total. The molecule has 1 atom stereocenters. The van der Waals surface area contributed by atoms with Crippen molar-refractivity contribution in [2.24, 2.45) is 10.7 Å². The number of aryl methyl sites for hydroxylation is 1. The Balaban J connectivity index is 2.34. The van der Waals surface area contributed by atoms with Crippen molar-refractivity contribution in [3.8, 4) is 0 Å². The Hall–Kier alpha value is -2.41. The highest BCUT2D eigenvalue weighted by Gasteiger charge is 2.56. The standard InChI is InChI=1S/C22H26F4N2O/c1-15-8-9-16(23)11-19(15)20(2,3)14-21(29,22(24,25)26)13-17(27)12-18-7-5-4-6-10-28-18/h4,6-12,29H,5,13-14,27H2,1-3H3/b17-12-. The monoisotopic (exact) mass is 410 g/mol. The molecule has 0 saturated heterocycles. The molecule has 0 spiro atoms. The lowest BCUT2D eigenvalue weighted by Gasteiger charge is -2.38. The molecule has 3 nitrogen and oxygen atoms in total. The van der Waals surface area contributed by atoms with Gasteiger partial charge in [-0.25, -0.2) is 4.39 Å². The minimum absolute atomic E-state index is 0.137. The first kappa shape index (κ1) is 22.9. The van der Waals surface area contributed by atoms with E-state index in [2.05, 4.69) is 4.99 Å². The van der Waals surface area contributed by atoms with Gasteiger partial charge >= 0.3 is 6.18 Å². The fourth-order valence-corrected chi connectivity index (χ4v) is 3.60. The summed E-state index contributed by atoms with van der Waals surface area (Å²) < 4.78 is 55.3. The summed E-state index contributed by atoms with van der Waals surface area (Å²) in [4.78, 5) is 4.09. The molecule has 1 aliphatic heterocycles. The molecule has 0 amide bonds. The van der Waals surface area contributed by atoms with Crippen LogP contribution in [-0.2, 0) is 5.41 Å². The van der Waals surface area contributed by atoms with Gasteiger partial charge in [0.25, 0.3) is 0 Å². The molecule has 0 saturated carbocycles. The molecule has 1 aliphatic rings. The summed E-state index contributed by atoms with van der Waals surface area (Å²) in [6, 6.07) is 3.97. The van der Waals surface area contributed by atoms with Crippen LogP contribution in [-0.4, -0.2) is 23.1 Å². The molecule has 0 bridgehead atoms. The average molecular weight is 410 g/mol. The zero-order valence-electron chi connectivity index (χ0n) is 16.7. The zero-order valence-corrected chi connectivity index (χ0v) is 16.7. The lowest BCUT2D eigenvalue weighted by atomic mass is 9.72. The van der Waals surface area contributed by atoms with Crippen molar-refractivity contribution in [1.82, 2.24) is 0 Å². The van der Waals surface area contributed by atoms with Gasteiger partial charge in [-0.15, -0.1) is 0 Å². The normalized spacial score (nSPS) is 17.7. The summed E-state index contributed by atoms with van der Waals surface area (Å²) in [6.07, 6.45) is 2.32. The number of hydrogen-bond acceptors (Lipinski definition) is 3. The van der Waals surface area contributed by atoms with Gasteiger partial charge in [0, 0.05) is 18.3 Å². The summed E-state index contributed by atoms with van der Waals surface area (Å²) in [5, 5.41) is 10.7. The van der Waals surface area contributed by atoms with E-state index in [1.807, 2.05) is 6.08 Å². The third-order valence-electron chi connectivity index (χ3n) is 4.93. The van der Waals surface area contributed by atoms with Crippen LogP contribution in [0.4, 0.5) is 17.6 Å². The third-order valence-corrected chi connectivity index (χ3v) is 4.93. The molecule has 2 rings (SSSR count). The first-order chi connectivity index (χ1) is 13.3. The van der Waals surface area contributed by atoms with Crippen molar-refractivity contribution in [3.63, 3.8) is 0 Å². The first-order valence-electron chi connectivity index (χ1n) is 9.25. The van der Waals surface area contributed by atoms with Crippen LogP contribution in [0.15, 0.2) is 58.9 Å². The molecule has 29 heavy (non-hydrogen) atoms. The third kappa shape index (κ3) is 5.79. The van der Waals surface area contributed by atoms with E-state index in [1.54, 1.807) is 32.9 Å². The van der Waals surface area contributed by atoms with Crippen molar-refractivity contribution in [3.05, 3.63) is 70.8 Å². The second-order valence-corrected chi connectivity index (χ2v) is 8.02. The SMILES string of the molecule is Cc1ccc(F)cc1C(C)(C)CC(O)(C/C(N)=C/C1=CCC=CC=N1)C(F)(F)F. The number of aliphatic hydroxyl groups is 1. The topological polar surface area (TPSA) is 58.6 Å². The van der Waals surface area contributed by atoms with Crippen LogP contribution in [0.5, 0.6) is 0 Å². The molecule has 0 aromatic heterocycles. The van der Waals surface area contributed by atoms with E-state index in [-0.39, 0.29) is 5.70 Å². The van der Waals surface area contributed by atoms with Crippen LogP contribution < -0.4 is 5.73 Å². The molecule has 0 aliphatic carbocycles. The maximum absolute atomic E-state index is 13.9. The molecule has 7 heteroatoms. The smallest absolute Gasteiger partial charge is 0.402 e. The highest BCUT2D eigenvalue weighted by molar-refractivity contribution is 5.73. The fourth-order valence-electron chi connectivity index (χ4n) is 3.60. The van der Waals surface area contributed by atoms with E-state index in [9.17, 15) is 22.7 Å². The molecule has 1 aromatic rings. The van der Waals surface area contributed by atoms with Crippen LogP contribution in [0.2, 0.25) is 0 Å². The summed E-state index contributed by atoms with van der Waals surface area (Å²) >= 11 is 0. The van der Waals surface area contributed by atoms with E-state index in [0.29, 0.717) is 23.2 Å².